The van der Waals surface area contributed by atoms with Crippen molar-refractivity contribution in [2.24, 2.45) is 0 Å². The van der Waals surface area contributed by atoms with E-state index in [-0.39, 0.29) is 18.2 Å². The monoisotopic (exact) mass is 309 g/mol. The van der Waals surface area contributed by atoms with Crippen LogP contribution in [0.5, 0.6) is 0 Å². The van der Waals surface area contributed by atoms with Gasteiger partial charge in [-0.1, -0.05) is 43.3 Å². The Morgan fingerprint density at radius 1 is 1.13 bits per heavy atom. The number of aliphatic hydroxyl groups excluding tert-OH is 1. The Bertz CT molecular complexity index is 822. The van der Waals surface area contributed by atoms with Gasteiger partial charge >= 0.3 is 0 Å². The number of furan rings is 1. The number of aliphatic hydroxyl groups is 1. The third kappa shape index (κ3) is 3.43. The molecule has 0 fully saturated rings. The van der Waals surface area contributed by atoms with Crippen LogP contribution in [0, 0.1) is 0 Å². The van der Waals surface area contributed by atoms with Crippen molar-refractivity contribution in [2.75, 3.05) is 6.54 Å². The predicted octanol–water partition coefficient (Wildman–Crippen LogP) is 3.46. The Balaban J connectivity index is 1.65. The zero-order chi connectivity index (χ0) is 16.2. The van der Waals surface area contributed by atoms with E-state index in [1.807, 2.05) is 49.4 Å². The lowest BCUT2D eigenvalue weighted by atomic mass is 10.0. The second-order valence-corrected chi connectivity index (χ2v) is 5.45. The summed E-state index contributed by atoms with van der Waals surface area (Å²) in [5.74, 6) is 0.724. The van der Waals surface area contributed by atoms with Gasteiger partial charge < -0.3 is 14.8 Å². The fourth-order valence-electron chi connectivity index (χ4n) is 2.50. The SMILES string of the molecule is CCc1ccc(C(=O)NCC(O)c2ccc3ccccc3c2)o1. The van der Waals surface area contributed by atoms with Crippen molar-refractivity contribution in [1.82, 2.24) is 5.32 Å². The third-order valence-corrected chi connectivity index (χ3v) is 3.85. The Morgan fingerprint density at radius 2 is 1.91 bits per heavy atom. The number of hydrogen-bond acceptors (Lipinski definition) is 3. The van der Waals surface area contributed by atoms with Crippen LogP contribution in [0.25, 0.3) is 10.8 Å². The van der Waals surface area contributed by atoms with E-state index in [1.54, 1.807) is 12.1 Å². The highest BCUT2D eigenvalue weighted by Gasteiger charge is 2.14. The Morgan fingerprint density at radius 3 is 2.65 bits per heavy atom. The number of benzene rings is 2. The summed E-state index contributed by atoms with van der Waals surface area (Å²) in [4.78, 5) is 12.0. The summed E-state index contributed by atoms with van der Waals surface area (Å²) >= 11 is 0. The average molecular weight is 309 g/mol. The van der Waals surface area contributed by atoms with E-state index in [1.165, 1.54) is 0 Å². The molecule has 0 spiro atoms. The molecule has 4 nitrogen and oxygen atoms in total. The number of hydrogen-bond donors (Lipinski definition) is 2. The maximum Gasteiger partial charge on any atom is 0.287 e. The highest BCUT2D eigenvalue weighted by atomic mass is 16.3. The van der Waals surface area contributed by atoms with Crippen molar-refractivity contribution in [3.63, 3.8) is 0 Å². The number of fused-ring (bicyclic) bond motifs is 1. The number of carbonyl (C=O) groups excluding carboxylic acids is 1. The molecule has 0 radical (unpaired) electrons. The Labute approximate surface area is 134 Å². The van der Waals surface area contributed by atoms with Crippen molar-refractivity contribution in [1.29, 1.82) is 0 Å². The molecular weight excluding hydrogens is 290 g/mol. The molecule has 3 aromatic rings. The van der Waals surface area contributed by atoms with Crippen LogP contribution in [0.2, 0.25) is 0 Å². The molecule has 2 N–H and O–H groups in total. The van der Waals surface area contributed by atoms with Crippen LogP contribution in [0.1, 0.15) is 34.9 Å². The molecule has 1 heterocycles. The molecule has 23 heavy (non-hydrogen) atoms. The lowest BCUT2D eigenvalue weighted by Gasteiger charge is -2.12. The lowest BCUT2D eigenvalue weighted by molar-refractivity contribution is 0.0887. The maximum absolute atomic E-state index is 12.0. The van der Waals surface area contributed by atoms with Crippen LogP contribution in [-0.2, 0) is 6.42 Å². The lowest BCUT2D eigenvalue weighted by Crippen LogP contribution is -2.28. The summed E-state index contributed by atoms with van der Waals surface area (Å²) in [5.41, 5.74) is 0.776. The molecule has 1 aromatic heterocycles. The van der Waals surface area contributed by atoms with Crippen molar-refractivity contribution >= 4 is 16.7 Å². The first-order chi connectivity index (χ1) is 11.2. The molecule has 3 rings (SSSR count). The van der Waals surface area contributed by atoms with E-state index in [9.17, 15) is 9.90 Å². The van der Waals surface area contributed by atoms with Crippen molar-refractivity contribution in [3.05, 3.63) is 71.7 Å². The minimum atomic E-state index is -0.760. The number of nitrogens with one attached hydrogen (secondary N) is 1. The van der Waals surface area contributed by atoms with Gasteiger partial charge in [-0.25, -0.2) is 0 Å². The van der Waals surface area contributed by atoms with Crippen LogP contribution in [0.4, 0.5) is 0 Å². The van der Waals surface area contributed by atoms with E-state index in [0.717, 1.165) is 28.5 Å². The molecule has 1 amide bonds. The van der Waals surface area contributed by atoms with E-state index >= 15 is 0 Å². The highest BCUT2D eigenvalue weighted by molar-refractivity contribution is 5.91. The number of amides is 1. The molecule has 4 heteroatoms. The highest BCUT2D eigenvalue weighted by Crippen LogP contribution is 2.20. The first kappa shape index (κ1) is 15.3. The molecule has 0 saturated heterocycles. The summed E-state index contributed by atoms with van der Waals surface area (Å²) < 4.78 is 5.40. The van der Waals surface area contributed by atoms with Gasteiger partial charge in [-0.3, -0.25) is 4.79 Å². The standard InChI is InChI=1S/C19H19NO3/c1-2-16-9-10-18(23-16)19(22)20-12-17(21)15-8-7-13-5-3-4-6-14(13)11-15/h3-11,17,21H,2,12H2,1H3,(H,20,22). The zero-order valence-corrected chi connectivity index (χ0v) is 13.0. The fraction of sp³-hybridized carbons (Fsp3) is 0.211. The number of rotatable bonds is 5. The minimum Gasteiger partial charge on any atom is -0.456 e. The van der Waals surface area contributed by atoms with Gasteiger partial charge in [-0.05, 0) is 34.5 Å². The quantitative estimate of drug-likeness (QED) is 0.758. The van der Waals surface area contributed by atoms with Gasteiger partial charge in [0, 0.05) is 13.0 Å². The molecule has 0 saturated carbocycles. The van der Waals surface area contributed by atoms with E-state index in [4.69, 9.17) is 4.42 Å². The third-order valence-electron chi connectivity index (χ3n) is 3.85. The van der Waals surface area contributed by atoms with Gasteiger partial charge in [-0.2, -0.15) is 0 Å². The Hall–Kier alpha value is -2.59. The smallest absolute Gasteiger partial charge is 0.287 e. The van der Waals surface area contributed by atoms with Gasteiger partial charge in [0.1, 0.15) is 5.76 Å². The van der Waals surface area contributed by atoms with Crippen LogP contribution >= 0.6 is 0 Å². The zero-order valence-electron chi connectivity index (χ0n) is 13.0. The maximum atomic E-state index is 12.0. The number of aryl methyl sites for hydroxylation is 1. The summed E-state index contributed by atoms with van der Waals surface area (Å²) in [6, 6.07) is 17.2. The summed E-state index contributed by atoms with van der Waals surface area (Å²) in [5, 5.41) is 15.2. The van der Waals surface area contributed by atoms with E-state index in [0.29, 0.717) is 0 Å². The van der Waals surface area contributed by atoms with E-state index in [2.05, 4.69) is 5.32 Å². The number of carbonyl (C=O) groups is 1. The first-order valence-corrected chi connectivity index (χ1v) is 7.71. The van der Waals surface area contributed by atoms with Crippen molar-refractivity contribution in [3.8, 4) is 0 Å². The molecule has 0 aliphatic rings. The summed E-state index contributed by atoms with van der Waals surface area (Å²) in [6.45, 7) is 2.10. The van der Waals surface area contributed by atoms with Gasteiger partial charge in [0.15, 0.2) is 5.76 Å². The molecule has 0 bridgehead atoms. The van der Waals surface area contributed by atoms with Crippen LogP contribution in [-0.4, -0.2) is 17.6 Å². The van der Waals surface area contributed by atoms with Crippen LogP contribution in [0.3, 0.4) is 0 Å². The van der Waals surface area contributed by atoms with Crippen molar-refractivity contribution in [2.45, 2.75) is 19.4 Å². The fourth-order valence-corrected chi connectivity index (χ4v) is 2.50. The van der Waals surface area contributed by atoms with Gasteiger partial charge in [-0.15, -0.1) is 0 Å². The minimum absolute atomic E-state index is 0.138. The molecule has 1 unspecified atom stereocenters. The van der Waals surface area contributed by atoms with E-state index < -0.39 is 6.10 Å². The summed E-state index contributed by atoms with van der Waals surface area (Å²) in [7, 11) is 0. The second-order valence-electron chi connectivity index (χ2n) is 5.45. The van der Waals surface area contributed by atoms with Gasteiger partial charge in [0.25, 0.3) is 5.91 Å². The molecule has 0 aliphatic heterocycles. The molecule has 118 valence electrons. The van der Waals surface area contributed by atoms with Crippen LogP contribution < -0.4 is 5.32 Å². The van der Waals surface area contributed by atoms with Crippen LogP contribution in [0.15, 0.2) is 59.0 Å². The topological polar surface area (TPSA) is 62.5 Å². The molecule has 2 aromatic carbocycles. The van der Waals surface area contributed by atoms with Gasteiger partial charge in [0.05, 0.1) is 6.10 Å². The molecule has 1 atom stereocenters. The normalized spacial score (nSPS) is 12.3. The second kappa shape index (κ2) is 6.67. The van der Waals surface area contributed by atoms with Crippen molar-refractivity contribution < 1.29 is 14.3 Å². The Kier molecular flexibility index (Phi) is 4.44. The predicted molar refractivity (Wildman–Crippen MR) is 89.3 cm³/mol. The summed E-state index contributed by atoms with van der Waals surface area (Å²) in [6.07, 6.45) is -0.0170. The molecule has 0 aliphatic carbocycles. The average Bonchev–Trinajstić information content (AvgIpc) is 3.08. The molecular formula is C19H19NO3. The van der Waals surface area contributed by atoms with Gasteiger partial charge in [0.2, 0.25) is 0 Å². The largest absolute Gasteiger partial charge is 0.456 e. The first-order valence-electron chi connectivity index (χ1n) is 7.71.